The smallest absolute Gasteiger partial charge is 0.488 e. The van der Waals surface area contributed by atoms with Crippen molar-refractivity contribution in [1.82, 2.24) is 14.5 Å². The average molecular weight is 532 g/mol. The van der Waals surface area contributed by atoms with Crippen LogP contribution in [-0.2, 0) is 10.5 Å². The number of benzene rings is 2. The van der Waals surface area contributed by atoms with Crippen LogP contribution in [0.4, 0.5) is 3.89 Å². The van der Waals surface area contributed by atoms with E-state index in [0.29, 0.717) is 44.4 Å². The summed E-state index contributed by atoms with van der Waals surface area (Å²) in [6, 6.07) is 10.6. The van der Waals surface area contributed by atoms with Gasteiger partial charge in [0.05, 0.1) is 29.6 Å². The molecule has 3 heterocycles. The molecule has 1 aliphatic rings. The van der Waals surface area contributed by atoms with Gasteiger partial charge < -0.3 is 18.5 Å². The topological polar surface area (TPSA) is 103 Å². The van der Waals surface area contributed by atoms with Gasteiger partial charge in [-0.2, -0.15) is 8.42 Å². The third-order valence-electron chi connectivity index (χ3n) is 7.15. The lowest BCUT2D eigenvalue weighted by Gasteiger charge is -2.21. The summed E-state index contributed by atoms with van der Waals surface area (Å²) < 4.78 is 47.4. The van der Waals surface area contributed by atoms with Crippen LogP contribution in [0.2, 0.25) is 0 Å². The predicted octanol–water partition coefficient (Wildman–Crippen LogP) is 5.40. The second-order valence-electron chi connectivity index (χ2n) is 9.35. The first kappa shape index (κ1) is 24.0. The van der Waals surface area contributed by atoms with Crippen LogP contribution >= 0.6 is 0 Å². The molecule has 8 nitrogen and oxygen atoms in total. The van der Waals surface area contributed by atoms with E-state index >= 15 is 0 Å². The lowest BCUT2D eigenvalue weighted by Crippen LogP contribution is -2.14. The van der Waals surface area contributed by atoms with Gasteiger partial charge in [-0.1, -0.05) is 28.7 Å². The van der Waals surface area contributed by atoms with E-state index in [-0.39, 0.29) is 17.2 Å². The summed E-state index contributed by atoms with van der Waals surface area (Å²) in [5.41, 5.74) is 3.74. The molecule has 0 saturated heterocycles. The molecule has 192 valence electrons. The molecule has 0 spiro atoms. The fourth-order valence-electron chi connectivity index (χ4n) is 5.55. The Labute approximate surface area is 217 Å². The number of methoxy groups -OCH3 is 1. The minimum atomic E-state index is -5.23. The van der Waals surface area contributed by atoms with Gasteiger partial charge in [-0.25, -0.2) is 0 Å². The Morgan fingerprint density at radius 1 is 1.13 bits per heavy atom. The van der Waals surface area contributed by atoms with Crippen molar-refractivity contribution >= 4 is 43.3 Å². The lowest BCUT2D eigenvalue weighted by molar-refractivity contribution is 0.417. The van der Waals surface area contributed by atoms with Crippen LogP contribution in [0.5, 0.6) is 11.5 Å². The maximum absolute atomic E-state index is 13.9. The van der Waals surface area contributed by atoms with Gasteiger partial charge in [0.1, 0.15) is 11.4 Å². The number of aromatic amines is 1. The summed E-state index contributed by atoms with van der Waals surface area (Å²) >= 11 is 0. The largest absolute Gasteiger partial charge is 0.496 e. The first-order valence-corrected chi connectivity index (χ1v) is 13.4. The predicted molar refractivity (Wildman–Crippen MR) is 143 cm³/mol. The van der Waals surface area contributed by atoms with Crippen molar-refractivity contribution in [1.29, 1.82) is 0 Å². The summed E-state index contributed by atoms with van der Waals surface area (Å²) in [5, 5.41) is 1.86. The second kappa shape index (κ2) is 8.89. The van der Waals surface area contributed by atoms with Crippen molar-refractivity contribution in [2.24, 2.45) is 0 Å². The number of hydrogen-bond acceptors (Lipinski definition) is 6. The van der Waals surface area contributed by atoms with E-state index in [9.17, 15) is 17.1 Å². The van der Waals surface area contributed by atoms with Crippen molar-refractivity contribution < 1.29 is 21.2 Å². The quantitative estimate of drug-likeness (QED) is 0.241. The highest BCUT2D eigenvalue weighted by Gasteiger charge is 2.25. The zero-order valence-electron chi connectivity index (χ0n) is 20.3. The summed E-state index contributed by atoms with van der Waals surface area (Å²) in [5.74, 6) is 2.74. The standard InChI is InChI=1S/C28H22FN3O5S/c1-3-16-8-9-20-23(10-16)31-28-26(20)27(33)22-13-25(36-2)21(12-24(22)32(28)18-6-4-5-7-18)17-11-19(15-30-14-17)37-38(29,34)35/h1,8-15,18,31H,4-7H2,2H3. The van der Waals surface area contributed by atoms with Gasteiger partial charge in [0.25, 0.3) is 0 Å². The zero-order chi connectivity index (χ0) is 26.6. The molecular formula is C28H22FN3O5S. The van der Waals surface area contributed by atoms with Crippen LogP contribution in [-0.4, -0.2) is 30.1 Å². The number of ether oxygens (including phenoxy) is 1. The number of terminal acetylenes is 1. The maximum atomic E-state index is 13.9. The lowest BCUT2D eigenvalue weighted by atomic mass is 10.0. The van der Waals surface area contributed by atoms with Crippen LogP contribution in [0.15, 0.2) is 53.6 Å². The van der Waals surface area contributed by atoms with Crippen LogP contribution in [0.1, 0.15) is 37.3 Å². The molecule has 1 fully saturated rings. The van der Waals surface area contributed by atoms with Crippen LogP contribution in [0, 0.1) is 12.3 Å². The fraction of sp³-hybridized carbons (Fsp3) is 0.214. The maximum Gasteiger partial charge on any atom is 0.488 e. The molecule has 2 aromatic carbocycles. The monoisotopic (exact) mass is 531 g/mol. The third kappa shape index (κ3) is 3.96. The number of nitrogens with zero attached hydrogens (tertiary/aromatic N) is 2. The molecular weight excluding hydrogens is 509 g/mol. The van der Waals surface area contributed by atoms with Gasteiger partial charge in [-0.3, -0.25) is 9.78 Å². The Morgan fingerprint density at radius 3 is 2.63 bits per heavy atom. The number of nitrogens with one attached hydrogen (secondary N) is 1. The molecule has 10 heteroatoms. The fourth-order valence-corrected chi connectivity index (χ4v) is 5.87. The van der Waals surface area contributed by atoms with Gasteiger partial charge in [0.2, 0.25) is 0 Å². The van der Waals surface area contributed by atoms with Gasteiger partial charge in [0.15, 0.2) is 11.2 Å². The van der Waals surface area contributed by atoms with Crippen LogP contribution in [0.3, 0.4) is 0 Å². The summed E-state index contributed by atoms with van der Waals surface area (Å²) in [7, 11) is -3.75. The Morgan fingerprint density at radius 2 is 1.92 bits per heavy atom. The molecule has 0 bridgehead atoms. The Hall–Kier alpha value is -4.36. The Kier molecular flexibility index (Phi) is 5.61. The van der Waals surface area contributed by atoms with E-state index < -0.39 is 10.5 Å². The molecule has 1 aliphatic carbocycles. The molecule has 0 aliphatic heterocycles. The first-order chi connectivity index (χ1) is 18.3. The molecule has 1 saturated carbocycles. The highest BCUT2D eigenvalue weighted by atomic mass is 32.3. The van der Waals surface area contributed by atoms with Crippen molar-refractivity contribution in [2.75, 3.05) is 7.11 Å². The van der Waals surface area contributed by atoms with E-state index in [4.69, 9.17) is 11.2 Å². The van der Waals surface area contributed by atoms with E-state index in [0.717, 1.165) is 42.8 Å². The van der Waals surface area contributed by atoms with E-state index in [1.54, 1.807) is 6.07 Å². The number of rotatable bonds is 5. The van der Waals surface area contributed by atoms with Crippen molar-refractivity contribution in [3.8, 4) is 35.0 Å². The highest BCUT2D eigenvalue weighted by Crippen LogP contribution is 2.40. The van der Waals surface area contributed by atoms with Gasteiger partial charge in [-0.15, -0.1) is 6.42 Å². The third-order valence-corrected chi connectivity index (χ3v) is 7.54. The summed E-state index contributed by atoms with van der Waals surface area (Å²) in [6.45, 7) is 0. The van der Waals surface area contributed by atoms with Crippen molar-refractivity contribution in [3.05, 3.63) is 64.6 Å². The second-order valence-corrected chi connectivity index (χ2v) is 10.3. The van der Waals surface area contributed by atoms with E-state index in [2.05, 4.69) is 24.6 Å². The molecule has 1 N–H and O–H groups in total. The minimum absolute atomic E-state index is 0.146. The summed E-state index contributed by atoms with van der Waals surface area (Å²) in [6.07, 6.45) is 12.3. The number of hydrogen-bond donors (Lipinski definition) is 1. The Bertz CT molecular complexity index is 1960. The van der Waals surface area contributed by atoms with Gasteiger partial charge in [0, 0.05) is 39.8 Å². The molecule has 0 unspecified atom stereocenters. The van der Waals surface area contributed by atoms with Crippen molar-refractivity contribution in [3.63, 3.8) is 0 Å². The number of halogens is 1. The molecule has 5 aromatic rings. The normalized spacial score (nSPS) is 14.3. The zero-order valence-corrected chi connectivity index (χ0v) is 21.1. The number of pyridine rings is 2. The number of aromatic nitrogens is 3. The molecule has 3 aromatic heterocycles. The number of H-pyrrole nitrogens is 1. The molecule has 0 amide bonds. The van der Waals surface area contributed by atoms with Crippen molar-refractivity contribution in [2.45, 2.75) is 31.7 Å². The molecule has 0 radical (unpaired) electrons. The van der Waals surface area contributed by atoms with Gasteiger partial charge in [-0.05, 0) is 43.2 Å². The highest BCUT2D eigenvalue weighted by molar-refractivity contribution is 7.81. The summed E-state index contributed by atoms with van der Waals surface area (Å²) in [4.78, 5) is 21.4. The van der Waals surface area contributed by atoms with E-state index in [1.165, 1.54) is 19.4 Å². The minimum Gasteiger partial charge on any atom is -0.496 e. The van der Waals surface area contributed by atoms with Crippen LogP contribution in [0.25, 0.3) is 44.0 Å². The number of fused-ring (bicyclic) bond motifs is 4. The SMILES string of the molecule is C#Cc1ccc2c(c1)[nH]c1c2c(=O)c2cc(OC)c(-c3cncc(OS(=O)(=O)F)c3)cc2n1C1CCCC1. The van der Waals surface area contributed by atoms with Crippen LogP contribution < -0.4 is 14.3 Å². The average Bonchev–Trinajstić information content (AvgIpc) is 3.55. The van der Waals surface area contributed by atoms with E-state index in [1.807, 2.05) is 24.3 Å². The molecule has 0 atom stereocenters. The first-order valence-electron chi connectivity index (χ1n) is 12.0. The Balaban J connectivity index is 1.69. The molecule has 38 heavy (non-hydrogen) atoms. The van der Waals surface area contributed by atoms with Gasteiger partial charge >= 0.3 is 10.5 Å². The molecule has 6 rings (SSSR count).